The van der Waals surface area contributed by atoms with E-state index in [0.29, 0.717) is 12.5 Å². The monoisotopic (exact) mass is 285 g/mol. The van der Waals surface area contributed by atoms with Crippen LogP contribution in [0.4, 0.5) is 0 Å². The van der Waals surface area contributed by atoms with E-state index in [1.165, 1.54) is 0 Å². The molecule has 21 heavy (non-hydrogen) atoms. The molecule has 3 aromatic rings. The average Bonchev–Trinajstić information content (AvgIpc) is 2.98. The van der Waals surface area contributed by atoms with Crippen LogP contribution in [0.5, 0.6) is 0 Å². The van der Waals surface area contributed by atoms with Crippen molar-refractivity contribution in [3.05, 3.63) is 46.9 Å². The van der Waals surface area contributed by atoms with Crippen molar-refractivity contribution in [1.29, 1.82) is 0 Å². The lowest BCUT2D eigenvalue weighted by Gasteiger charge is -2.09. The second kappa shape index (κ2) is 5.20. The van der Waals surface area contributed by atoms with Gasteiger partial charge in [0.15, 0.2) is 0 Å². The number of aryl methyl sites for hydroxylation is 1. The highest BCUT2D eigenvalue weighted by molar-refractivity contribution is 5.75. The van der Waals surface area contributed by atoms with Crippen molar-refractivity contribution < 1.29 is 0 Å². The Labute approximate surface area is 122 Å². The molecule has 0 amide bonds. The van der Waals surface area contributed by atoms with E-state index < -0.39 is 0 Å². The summed E-state index contributed by atoms with van der Waals surface area (Å²) in [6.07, 6.45) is 1.55. The van der Waals surface area contributed by atoms with Crippen LogP contribution >= 0.6 is 0 Å². The number of fused-ring (bicyclic) bond motifs is 1. The van der Waals surface area contributed by atoms with Gasteiger partial charge in [0.2, 0.25) is 0 Å². The minimum atomic E-state index is -0.0321. The maximum Gasteiger partial charge on any atom is 0.329 e. The average molecular weight is 285 g/mol. The Morgan fingerprint density at radius 1 is 1.19 bits per heavy atom. The lowest BCUT2D eigenvalue weighted by molar-refractivity contribution is 0.460. The minimum Gasteiger partial charge on any atom is -0.295 e. The fourth-order valence-electron chi connectivity index (χ4n) is 2.57. The zero-order valence-corrected chi connectivity index (χ0v) is 12.5. The largest absolute Gasteiger partial charge is 0.329 e. The smallest absolute Gasteiger partial charge is 0.295 e. The quantitative estimate of drug-likeness (QED) is 0.732. The Hall–Kier alpha value is -2.37. The molecular formula is C15H19N5O. The van der Waals surface area contributed by atoms with Gasteiger partial charge in [0.25, 0.3) is 0 Å². The molecule has 6 heteroatoms. The summed E-state index contributed by atoms with van der Waals surface area (Å²) in [7, 11) is 1.79. The second-order valence-electron chi connectivity index (χ2n) is 5.67. The zero-order chi connectivity index (χ0) is 15.0. The number of imidazole rings is 1. The van der Waals surface area contributed by atoms with Crippen LogP contribution in [0.2, 0.25) is 0 Å². The van der Waals surface area contributed by atoms with Crippen LogP contribution in [0.1, 0.15) is 19.7 Å². The summed E-state index contributed by atoms with van der Waals surface area (Å²) >= 11 is 0. The topological polar surface area (TPSA) is 57.6 Å². The molecule has 1 aromatic carbocycles. The van der Waals surface area contributed by atoms with Gasteiger partial charge in [0, 0.05) is 13.6 Å². The van der Waals surface area contributed by atoms with Gasteiger partial charge in [0.05, 0.1) is 17.6 Å². The predicted molar refractivity (Wildman–Crippen MR) is 81.1 cm³/mol. The van der Waals surface area contributed by atoms with Gasteiger partial charge in [-0.05, 0) is 18.1 Å². The van der Waals surface area contributed by atoms with Gasteiger partial charge in [-0.25, -0.2) is 14.5 Å². The Balaban J connectivity index is 2.05. The third-order valence-electron chi connectivity index (χ3n) is 3.59. The normalized spacial score (nSPS) is 11.6. The fourth-order valence-corrected chi connectivity index (χ4v) is 2.57. The Morgan fingerprint density at radius 2 is 1.90 bits per heavy atom. The molecule has 0 aliphatic rings. The van der Waals surface area contributed by atoms with E-state index >= 15 is 0 Å². The van der Waals surface area contributed by atoms with Crippen LogP contribution < -0.4 is 5.69 Å². The van der Waals surface area contributed by atoms with E-state index in [-0.39, 0.29) is 5.69 Å². The van der Waals surface area contributed by atoms with E-state index in [4.69, 9.17) is 0 Å². The highest BCUT2D eigenvalue weighted by Gasteiger charge is 2.13. The summed E-state index contributed by atoms with van der Waals surface area (Å²) < 4.78 is 5.29. The van der Waals surface area contributed by atoms with Crippen molar-refractivity contribution in [2.24, 2.45) is 13.0 Å². The zero-order valence-electron chi connectivity index (χ0n) is 12.5. The first-order valence-electron chi connectivity index (χ1n) is 7.09. The first kappa shape index (κ1) is 13.6. The molecule has 0 atom stereocenters. The molecule has 0 aliphatic carbocycles. The molecule has 2 aromatic heterocycles. The number of rotatable bonds is 4. The number of hydrogen-bond donors (Lipinski definition) is 0. The third-order valence-corrected chi connectivity index (χ3v) is 3.59. The molecule has 0 aliphatic heterocycles. The standard InChI is InChI=1S/C15H19N5O/c1-11(2)8-20-14(16-10-17-20)9-19-13-7-5-4-6-12(13)18(3)15(19)21/h4-7,10-11H,8-9H2,1-3H3. The molecule has 0 unspecified atom stereocenters. The molecule has 110 valence electrons. The van der Waals surface area contributed by atoms with Crippen molar-refractivity contribution in [2.75, 3.05) is 0 Å². The SMILES string of the molecule is CC(C)Cn1ncnc1Cn1c(=O)n(C)c2ccccc21. The Morgan fingerprint density at radius 3 is 2.62 bits per heavy atom. The molecule has 6 nitrogen and oxygen atoms in total. The summed E-state index contributed by atoms with van der Waals surface area (Å²) in [5, 5.41) is 4.25. The first-order valence-corrected chi connectivity index (χ1v) is 7.09. The van der Waals surface area contributed by atoms with Gasteiger partial charge >= 0.3 is 5.69 Å². The molecule has 0 N–H and O–H groups in total. The van der Waals surface area contributed by atoms with Crippen molar-refractivity contribution in [3.8, 4) is 0 Å². The summed E-state index contributed by atoms with van der Waals surface area (Å²) in [6, 6.07) is 7.79. The highest BCUT2D eigenvalue weighted by atomic mass is 16.1. The maximum absolute atomic E-state index is 12.4. The van der Waals surface area contributed by atoms with Crippen LogP contribution in [0.3, 0.4) is 0 Å². The number of benzene rings is 1. The number of para-hydroxylation sites is 2. The molecule has 0 saturated carbocycles. The Kier molecular flexibility index (Phi) is 3.37. The molecule has 0 spiro atoms. The van der Waals surface area contributed by atoms with E-state index in [1.54, 1.807) is 22.5 Å². The van der Waals surface area contributed by atoms with E-state index in [1.807, 2.05) is 28.9 Å². The lowest BCUT2D eigenvalue weighted by atomic mass is 10.2. The van der Waals surface area contributed by atoms with Crippen LogP contribution in [0.25, 0.3) is 11.0 Å². The molecule has 0 saturated heterocycles. The maximum atomic E-state index is 12.4. The Bertz CT molecular complexity index is 824. The van der Waals surface area contributed by atoms with Crippen LogP contribution in [0, 0.1) is 5.92 Å². The van der Waals surface area contributed by atoms with Crippen molar-refractivity contribution in [2.45, 2.75) is 26.9 Å². The van der Waals surface area contributed by atoms with Crippen LogP contribution in [0.15, 0.2) is 35.4 Å². The lowest BCUT2D eigenvalue weighted by Crippen LogP contribution is -2.24. The van der Waals surface area contributed by atoms with Gasteiger partial charge < -0.3 is 0 Å². The predicted octanol–water partition coefficient (Wildman–Crippen LogP) is 1.64. The van der Waals surface area contributed by atoms with E-state index in [0.717, 1.165) is 23.4 Å². The third kappa shape index (κ3) is 2.37. The molecule has 0 bridgehead atoms. The van der Waals surface area contributed by atoms with E-state index in [9.17, 15) is 4.79 Å². The summed E-state index contributed by atoms with van der Waals surface area (Å²) in [5.74, 6) is 1.29. The van der Waals surface area contributed by atoms with Gasteiger partial charge in [-0.1, -0.05) is 26.0 Å². The van der Waals surface area contributed by atoms with Crippen molar-refractivity contribution in [3.63, 3.8) is 0 Å². The van der Waals surface area contributed by atoms with Gasteiger partial charge in [-0.15, -0.1) is 0 Å². The van der Waals surface area contributed by atoms with E-state index in [2.05, 4.69) is 23.9 Å². The van der Waals surface area contributed by atoms with Gasteiger partial charge in [-0.3, -0.25) is 9.13 Å². The van der Waals surface area contributed by atoms with Gasteiger partial charge in [0.1, 0.15) is 12.2 Å². The number of hydrogen-bond acceptors (Lipinski definition) is 3. The molecule has 2 heterocycles. The molecule has 0 radical (unpaired) electrons. The minimum absolute atomic E-state index is 0.0321. The molecular weight excluding hydrogens is 266 g/mol. The second-order valence-corrected chi connectivity index (χ2v) is 5.67. The molecule has 3 rings (SSSR count). The van der Waals surface area contributed by atoms with Gasteiger partial charge in [-0.2, -0.15) is 5.10 Å². The fraction of sp³-hybridized carbons (Fsp3) is 0.400. The van der Waals surface area contributed by atoms with Crippen molar-refractivity contribution >= 4 is 11.0 Å². The summed E-state index contributed by atoms with van der Waals surface area (Å²) in [5.41, 5.74) is 1.82. The number of nitrogens with zero attached hydrogens (tertiary/aromatic N) is 5. The summed E-state index contributed by atoms with van der Waals surface area (Å²) in [6.45, 7) is 5.51. The number of aromatic nitrogens is 5. The molecule has 0 fully saturated rings. The van der Waals surface area contributed by atoms with Crippen LogP contribution in [-0.2, 0) is 20.1 Å². The van der Waals surface area contributed by atoms with Crippen LogP contribution in [-0.4, -0.2) is 23.9 Å². The summed E-state index contributed by atoms with van der Waals surface area (Å²) in [4.78, 5) is 16.7. The first-order chi connectivity index (χ1) is 10.1. The highest BCUT2D eigenvalue weighted by Crippen LogP contribution is 2.13. The van der Waals surface area contributed by atoms with Crippen molar-refractivity contribution in [1.82, 2.24) is 23.9 Å².